The summed E-state index contributed by atoms with van der Waals surface area (Å²) in [6, 6.07) is 7.82. The molecule has 0 spiro atoms. The third-order valence-corrected chi connectivity index (χ3v) is 3.02. The van der Waals surface area contributed by atoms with E-state index in [0.717, 1.165) is 22.6 Å². The third kappa shape index (κ3) is 2.23. The first-order chi connectivity index (χ1) is 8.67. The monoisotopic (exact) mass is 246 g/mol. The van der Waals surface area contributed by atoms with E-state index in [9.17, 15) is 0 Å². The first-order valence-corrected chi connectivity index (χ1v) is 5.76. The van der Waals surface area contributed by atoms with E-state index in [2.05, 4.69) is 16.6 Å². The Labute approximate surface area is 107 Å². The van der Waals surface area contributed by atoms with Gasteiger partial charge in [0.15, 0.2) is 0 Å². The molecule has 2 aromatic rings. The van der Waals surface area contributed by atoms with Gasteiger partial charge in [0.05, 0.1) is 18.8 Å². The largest absolute Gasteiger partial charge is 0.496 e. The lowest BCUT2D eigenvalue weighted by molar-refractivity contribution is 0.402. The zero-order valence-corrected chi connectivity index (χ0v) is 10.8. The van der Waals surface area contributed by atoms with Crippen molar-refractivity contribution >= 4 is 0 Å². The van der Waals surface area contributed by atoms with Crippen LogP contribution in [0.4, 0.5) is 0 Å². The van der Waals surface area contributed by atoms with Crippen molar-refractivity contribution in [1.29, 1.82) is 0 Å². The molecular weight excluding hydrogens is 228 g/mol. The van der Waals surface area contributed by atoms with Crippen molar-refractivity contribution in [1.82, 2.24) is 15.2 Å². The van der Waals surface area contributed by atoms with E-state index < -0.39 is 0 Å². The predicted molar refractivity (Wildman–Crippen MR) is 70.1 cm³/mol. The lowest BCUT2D eigenvalue weighted by atomic mass is 10.0. The molecule has 1 aromatic carbocycles. The summed E-state index contributed by atoms with van der Waals surface area (Å²) in [7, 11) is 3.55. The summed E-state index contributed by atoms with van der Waals surface area (Å²) in [5.41, 5.74) is 5.97. The average Bonchev–Trinajstić information content (AvgIpc) is 2.77. The molecule has 5 nitrogen and oxygen atoms in total. The molecule has 1 aromatic heterocycles. The number of benzene rings is 1. The molecule has 0 aliphatic heterocycles. The number of ether oxygens (including phenoxy) is 1. The number of aryl methyl sites for hydroxylation is 2. The van der Waals surface area contributed by atoms with Crippen LogP contribution < -0.4 is 16.0 Å². The van der Waals surface area contributed by atoms with Gasteiger partial charge in [-0.3, -0.25) is 10.5 Å². The maximum absolute atomic E-state index is 5.69. The molecular formula is C13H18N4O. The molecule has 18 heavy (non-hydrogen) atoms. The highest BCUT2D eigenvalue weighted by Crippen LogP contribution is 2.29. The normalized spacial score (nSPS) is 12.4. The average molecular weight is 246 g/mol. The molecule has 0 radical (unpaired) electrons. The summed E-state index contributed by atoms with van der Waals surface area (Å²) in [5, 5.41) is 4.17. The smallest absolute Gasteiger partial charge is 0.124 e. The summed E-state index contributed by atoms with van der Waals surface area (Å²) in [5.74, 6) is 6.50. The van der Waals surface area contributed by atoms with Gasteiger partial charge in [-0.2, -0.15) is 5.10 Å². The lowest BCUT2D eigenvalue weighted by Gasteiger charge is -2.19. The highest BCUT2D eigenvalue weighted by Gasteiger charge is 2.19. The number of nitrogens with one attached hydrogen (secondary N) is 1. The van der Waals surface area contributed by atoms with Crippen LogP contribution in [0.3, 0.4) is 0 Å². The molecule has 1 atom stereocenters. The van der Waals surface area contributed by atoms with Crippen LogP contribution in [0.2, 0.25) is 0 Å². The van der Waals surface area contributed by atoms with Crippen LogP contribution in [0.5, 0.6) is 5.75 Å². The SMILES string of the molecule is COc1ccc(C)cc1C(NN)c1ccnn1C. The Bertz CT molecular complexity index is 536. The van der Waals surface area contributed by atoms with Crippen LogP contribution in [0.15, 0.2) is 30.5 Å². The van der Waals surface area contributed by atoms with E-state index in [0.29, 0.717) is 0 Å². The van der Waals surface area contributed by atoms with Gasteiger partial charge in [-0.05, 0) is 19.1 Å². The molecule has 96 valence electrons. The predicted octanol–water partition coefficient (Wildman–Crippen LogP) is 1.29. The number of hydrazine groups is 1. The maximum atomic E-state index is 5.69. The minimum Gasteiger partial charge on any atom is -0.496 e. The Morgan fingerprint density at radius 1 is 1.39 bits per heavy atom. The van der Waals surface area contributed by atoms with E-state index in [4.69, 9.17) is 10.6 Å². The molecule has 0 bridgehead atoms. The minimum absolute atomic E-state index is 0.146. The number of rotatable bonds is 4. The molecule has 0 fully saturated rings. The fourth-order valence-corrected chi connectivity index (χ4v) is 2.08. The van der Waals surface area contributed by atoms with Gasteiger partial charge in [0, 0.05) is 18.8 Å². The Morgan fingerprint density at radius 3 is 2.72 bits per heavy atom. The Balaban J connectivity index is 2.51. The van der Waals surface area contributed by atoms with E-state index in [1.54, 1.807) is 18.0 Å². The fourth-order valence-electron chi connectivity index (χ4n) is 2.08. The molecule has 2 rings (SSSR count). The Hall–Kier alpha value is -1.85. The molecule has 0 aliphatic rings. The number of nitrogens with two attached hydrogens (primary N) is 1. The zero-order chi connectivity index (χ0) is 13.1. The summed E-state index contributed by atoms with van der Waals surface area (Å²) >= 11 is 0. The highest BCUT2D eigenvalue weighted by atomic mass is 16.5. The van der Waals surface area contributed by atoms with Gasteiger partial charge >= 0.3 is 0 Å². The second-order valence-corrected chi connectivity index (χ2v) is 4.22. The number of hydrogen-bond acceptors (Lipinski definition) is 4. The molecule has 1 heterocycles. The molecule has 5 heteroatoms. The standard InChI is InChI=1S/C13H18N4O/c1-9-4-5-12(18-3)10(8-9)13(16-14)11-6-7-15-17(11)2/h4-8,13,16H,14H2,1-3H3. The van der Waals surface area contributed by atoms with E-state index in [1.807, 2.05) is 32.2 Å². The topological polar surface area (TPSA) is 65.1 Å². The van der Waals surface area contributed by atoms with Crippen molar-refractivity contribution in [3.8, 4) is 5.75 Å². The van der Waals surface area contributed by atoms with E-state index in [1.165, 1.54) is 0 Å². The third-order valence-electron chi connectivity index (χ3n) is 3.02. The quantitative estimate of drug-likeness (QED) is 0.630. The molecule has 0 amide bonds. The first-order valence-electron chi connectivity index (χ1n) is 5.76. The zero-order valence-electron chi connectivity index (χ0n) is 10.8. The van der Waals surface area contributed by atoms with Crippen LogP contribution in [-0.2, 0) is 7.05 Å². The molecule has 0 saturated carbocycles. The molecule has 1 unspecified atom stereocenters. The number of aromatic nitrogens is 2. The summed E-state index contributed by atoms with van der Waals surface area (Å²) in [6.45, 7) is 2.04. The van der Waals surface area contributed by atoms with Crippen molar-refractivity contribution in [2.75, 3.05) is 7.11 Å². The van der Waals surface area contributed by atoms with E-state index >= 15 is 0 Å². The van der Waals surface area contributed by atoms with Gasteiger partial charge in [0.2, 0.25) is 0 Å². The van der Waals surface area contributed by atoms with Crippen LogP contribution in [-0.4, -0.2) is 16.9 Å². The first kappa shape index (κ1) is 12.6. The van der Waals surface area contributed by atoms with Crippen molar-refractivity contribution < 1.29 is 4.74 Å². The summed E-state index contributed by atoms with van der Waals surface area (Å²) in [6.07, 6.45) is 1.75. The maximum Gasteiger partial charge on any atom is 0.124 e. The van der Waals surface area contributed by atoms with Crippen molar-refractivity contribution in [3.63, 3.8) is 0 Å². The van der Waals surface area contributed by atoms with Crippen LogP contribution >= 0.6 is 0 Å². The number of methoxy groups -OCH3 is 1. The van der Waals surface area contributed by atoms with Crippen LogP contribution in [0, 0.1) is 6.92 Å². The number of nitrogens with zero attached hydrogens (tertiary/aromatic N) is 2. The second kappa shape index (κ2) is 5.20. The van der Waals surface area contributed by atoms with E-state index in [-0.39, 0.29) is 6.04 Å². The highest BCUT2D eigenvalue weighted by molar-refractivity contribution is 5.42. The van der Waals surface area contributed by atoms with Crippen molar-refractivity contribution in [2.45, 2.75) is 13.0 Å². The molecule has 3 N–H and O–H groups in total. The Kier molecular flexibility index (Phi) is 3.64. The molecule has 0 saturated heterocycles. The van der Waals surface area contributed by atoms with Crippen LogP contribution in [0.1, 0.15) is 22.9 Å². The van der Waals surface area contributed by atoms with Gasteiger partial charge in [-0.1, -0.05) is 17.7 Å². The number of hydrogen-bond donors (Lipinski definition) is 2. The second-order valence-electron chi connectivity index (χ2n) is 4.22. The van der Waals surface area contributed by atoms with Crippen LogP contribution in [0.25, 0.3) is 0 Å². The van der Waals surface area contributed by atoms with Gasteiger partial charge < -0.3 is 4.74 Å². The van der Waals surface area contributed by atoms with Gasteiger partial charge in [-0.15, -0.1) is 0 Å². The van der Waals surface area contributed by atoms with Gasteiger partial charge in [0.25, 0.3) is 0 Å². The van der Waals surface area contributed by atoms with Crippen molar-refractivity contribution in [3.05, 3.63) is 47.3 Å². The minimum atomic E-state index is -0.146. The fraction of sp³-hybridized carbons (Fsp3) is 0.308. The summed E-state index contributed by atoms with van der Waals surface area (Å²) < 4.78 is 7.19. The van der Waals surface area contributed by atoms with Crippen molar-refractivity contribution in [2.24, 2.45) is 12.9 Å². The summed E-state index contributed by atoms with van der Waals surface area (Å²) in [4.78, 5) is 0. The van der Waals surface area contributed by atoms with Gasteiger partial charge in [0.1, 0.15) is 5.75 Å². The Morgan fingerprint density at radius 2 is 2.17 bits per heavy atom. The molecule has 0 aliphatic carbocycles. The van der Waals surface area contributed by atoms with Gasteiger partial charge in [-0.25, -0.2) is 5.43 Å². The lowest BCUT2D eigenvalue weighted by Crippen LogP contribution is -2.30.